The van der Waals surface area contributed by atoms with Crippen LogP contribution in [0.25, 0.3) is 38.4 Å². The van der Waals surface area contributed by atoms with Crippen molar-refractivity contribution in [2.24, 2.45) is 0 Å². The van der Waals surface area contributed by atoms with E-state index in [0.29, 0.717) is 0 Å². The number of rotatable bonds is 3. The first-order chi connectivity index (χ1) is 17.7. The quantitative estimate of drug-likeness (QED) is 0.237. The van der Waals surface area contributed by atoms with E-state index in [1.165, 1.54) is 24.5 Å². The molecule has 2 N–H and O–H groups in total. The van der Waals surface area contributed by atoms with Crippen molar-refractivity contribution in [3.05, 3.63) is 102 Å². The monoisotopic (exact) mass is 519 g/mol. The van der Waals surface area contributed by atoms with E-state index in [-0.39, 0.29) is 16.4 Å². The number of aromatic nitrogens is 3. The summed E-state index contributed by atoms with van der Waals surface area (Å²) in [5, 5.41) is 4.62. The fraction of sp³-hybridized carbons (Fsp3) is 0. The van der Waals surface area contributed by atoms with Gasteiger partial charge in [0.1, 0.15) is 16.6 Å². The van der Waals surface area contributed by atoms with Crippen molar-refractivity contribution in [2.75, 3.05) is 5.73 Å². The summed E-state index contributed by atoms with van der Waals surface area (Å²) in [6.07, 6.45) is 0. The SMILES string of the molecule is Nc1nc(-c2ccccc2)c2nc(-c3cc[s+](-c4cccc5c4Sc4ccccc4S5)c3)ccc2n1. The molecule has 4 heterocycles. The van der Waals surface area contributed by atoms with E-state index in [1.54, 1.807) is 0 Å². The van der Waals surface area contributed by atoms with Crippen molar-refractivity contribution >= 4 is 51.0 Å². The van der Waals surface area contributed by atoms with Crippen molar-refractivity contribution in [3.63, 3.8) is 0 Å². The first-order valence-electron chi connectivity index (χ1n) is 11.4. The van der Waals surface area contributed by atoms with Crippen LogP contribution >= 0.6 is 34.0 Å². The molecule has 172 valence electrons. The van der Waals surface area contributed by atoms with Crippen LogP contribution in [0.2, 0.25) is 0 Å². The zero-order valence-corrected chi connectivity index (χ0v) is 21.4. The molecule has 0 saturated heterocycles. The van der Waals surface area contributed by atoms with Crippen LogP contribution in [0.15, 0.2) is 121 Å². The second-order valence-electron chi connectivity index (χ2n) is 8.34. The second-order valence-corrected chi connectivity index (χ2v) is 12.2. The summed E-state index contributed by atoms with van der Waals surface area (Å²) in [7, 11) is -0.134. The minimum atomic E-state index is -0.134. The number of hydrogen-bond donors (Lipinski definition) is 1. The summed E-state index contributed by atoms with van der Waals surface area (Å²) in [6, 6.07) is 31.5. The number of nitrogens with zero attached hydrogens (tertiary/aromatic N) is 3. The highest BCUT2D eigenvalue weighted by Crippen LogP contribution is 2.53. The number of pyridine rings is 1. The Labute approximate surface area is 219 Å². The van der Waals surface area contributed by atoms with Gasteiger partial charge in [-0.05, 0) is 36.4 Å². The van der Waals surface area contributed by atoms with E-state index in [9.17, 15) is 0 Å². The van der Waals surface area contributed by atoms with E-state index in [1.807, 2.05) is 66.0 Å². The van der Waals surface area contributed by atoms with Crippen molar-refractivity contribution in [2.45, 2.75) is 19.6 Å². The molecule has 6 aromatic rings. The van der Waals surface area contributed by atoms with Crippen LogP contribution in [-0.4, -0.2) is 15.0 Å². The topological polar surface area (TPSA) is 64.7 Å². The van der Waals surface area contributed by atoms with Gasteiger partial charge in [-0.1, -0.05) is 72.1 Å². The van der Waals surface area contributed by atoms with E-state index >= 15 is 0 Å². The standard InChI is InChI=1S/C29H19N4S3/c30-29-32-21-14-13-20(31-27(21)26(33-29)18-7-2-1-3-8-18)19-15-16-36(17-19)25-12-6-11-24-28(25)35-23-10-5-4-9-22(23)34-24/h1-17H,(H2,30,32,33)/q+1. The van der Waals surface area contributed by atoms with Crippen LogP contribution in [0.5, 0.6) is 0 Å². The molecule has 0 radical (unpaired) electrons. The summed E-state index contributed by atoms with van der Waals surface area (Å²) in [4.78, 5) is 20.6. The number of nitrogens with two attached hydrogens (primary N) is 1. The third-order valence-electron chi connectivity index (χ3n) is 6.03. The van der Waals surface area contributed by atoms with Gasteiger partial charge in [0.15, 0.2) is 10.3 Å². The molecule has 36 heavy (non-hydrogen) atoms. The molecular weight excluding hydrogens is 501 g/mol. The van der Waals surface area contributed by atoms with E-state index in [4.69, 9.17) is 10.7 Å². The summed E-state index contributed by atoms with van der Waals surface area (Å²) in [5.74, 6) is 0.253. The minimum absolute atomic E-state index is 0.134. The first kappa shape index (κ1) is 21.6. The van der Waals surface area contributed by atoms with Crippen LogP contribution in [0, 0.1) is 0 Å². The maximum absolute atomic E-state index is 6.02. The Balaban J connectivity index is 1.30. The van der Waals surface area contributed by atoms with Gasteiger partial charge in [-0.25, -0.2) is 15.0 Å². The summed E-state index contributed by atoms with van der Waals surface area (Å²) in [5.41, 5.74) is 11.3. The highest BCUT2D eigenvalue weighted by molar-refractivity contribution is 8.05. The number of nitrogen functional groups attached to an aromatic ring is 1. The number of fused-ring (bicyclic) bond motifs is 3. The Bertz CT molecular complexity index is 1760. The van der Waals surface area contributed by atoms with E-state index in [2.05, 4.69) is 69.3 Å². The van der Waals surface area contributed by atoms with Gasteiger partial charge in [0.2, 0.25) is 5.95 Å². The average Bonchev–Trinajstić information content (AvgIpc) is 3.41. The van der Waals surface area contributed by atoms with Gasteiger partial charge >= 0.3 is 0 Å². The fourth-order valence-corrected chi connectivity index (χ4v) is 8.77. The number of anilines is 1. The number of thiophene rings is 1. The highest BCUT2D eigenvalue weighted by Gasteiger charge is 2.25. The molecule has 0 saturated carbocycles. The van der Waals surface area contributed by atoms with Crippen LogP contribution in [0.1, 0.15) is 0 Å². The minimum Gasteiger partial charge on any atom is -0.368 e. The molecule has 1 unspecified atom stereocenters. The lowest BCUT2D eigenvalue weighted by molar-refractivity contribution is 1.17. The highest BCUT2D eigenvalue weighted by atomic mass is 32.2. The molecule has 3 aromatic heterocycles. The van der Waals surface area contributed by atoms with E-state index in [0.717, 1.165) is 33.5 Å². The van der Waals surface area contributed by atoms with Gasteiger partial charge in [0.05, 0.1) is 21.7 Å². The maximum Gasteiger partial charge on any atom is 0.221 e. The van der Waals surface area contributed by atoms with Gasteiger partial charge in [0.25, 0.3) is 0 Å². The third kappa shape index (κ3) is 3.76. The number of benzene rings is 3. The Morgan fingerprint density at radius 2 is 1.42 bits per heavy atom. The Morgan fingerprint density at radius 3 is 2.28 bits per heavy atom. The molecule has 1 aliphatic rings. The molecule has 1 atom stereocenters. The average molecular weight is 520 g/mol. The predicted molar refractivity (Wildman–Crippen MR) is 151 cm³/mol. The maximum atomic E-state index is 6.02. The Hall–Kier alpha value is -3.65. The van der Waals surface area contributed by atoms with Crippen LogP contribution in [-0.2, 0) is 0 Å². The molecule has 0 amide bonds. The van der Waals surface area contributed by atoms with Gasteiger partial charge in [-0.3, -0.25) is 0 Å². The second kappa shape index (κ2) is 8.78. The lowest BCUT2D eigenvalue weighted by atomic mass is 10.1. The van der Waals surface area contributed by atoms with Gasteiger partial charge in [-0.15, -0.1) is 0 Å². The number of hydrogen-bond acceptors (Lipinski definition) is 6. The predicted octanol–water partition coefficient (Wildman–Crippen LogP) is 8.30. The lowest BCUT2D eigenvalue weighted by Gasteiger charge is -2.17. The van der Waals surface area contributed by atoms with Gasteiger partial charge in [-0.2, -0.15) is 0 Å². The molecule has 3 aromatic carbocycles. The fourth-order valence-electron chi connectivity index (χ4n) is 4.34. The van der Waals surface area contributed by atoms with Crippen LogP contribution < -0.4 is 5.73 Å². The van der Waals surface area contributed by atoms with Crippen molar-refractivity contribution in [3.8, 4) is 27.4 Å². The van der Waals surface area contributed by atoms with Crippen molar-refractivity contribution in [1.82, 2.24) is 15.0 Å². The molecule has 4 nitrogen and oxygen atoms in total. The van der Waals surface area contributed by atoms with E-state index < -0.39 is 0 Å². The smallest absolute Gasteiger partial charge is 0.221 e. The summed E-state index contributed by atoms with van der Waals surface area (Å²) >= 11 is 3.73. The zero-order chi connectivity index (χ0) is 24.1. The normalized spacial score (nSPS) is 12.8. The molecule has 0 spiro atoms. The van der Waals surface area contributed by atoms with Crippen LogP contribution in [0.4, 0.5) is 5.95 Å². The molecule has 0 aliphatic carbocycles. The molecule has 1 aliphatic heterocycles. The molecular formula is C29H19N4S3+. The zero-order valence-electron chi connectivity index (χ0n) is 19.0. The Kier molecular flexibility index (Phi) is 5.27. The summed E-state index contributed by atoms with van der Waals surface area (Å²) in [6.45, 7) is 0. The van der Waals surface area contributed by atoms with Gasteiger partial charge < -0.3 is 5.73 Å². The van der Waals surface area contributed by atoms with Gasteiger partial charge in [0, 0.05) is 36.8 Å². The summed E-state index contributed by atoms with van der Waals surface area (Å²) < 4.78 is 0. The third-order valence-corrected chi connectivity index (χ3v) is 10.6. The lowest BCUT2D eigenvalue weighted by Crippen LogP contribution is -2.00. The van der Waals surface area contributed by atoms with Crippen molar-refractivity contribution in [1.29, 1.82) is 0 Å². The van der Waals surface area contributed by atoms with Crippen molar-refractivity contribution < 1.29 is 0 Å². The molecule has 7 rings (SSSR count). The largest absolute Gasteiger partial charge is 0.368 e. The molecule has 7 heteroatoms. The first-order valence-corrected chi connectivity index (χ1v) is 14.4. The molecule has 0 fully saturated rings. The van der Waals surface area contributed by atoms with Crippen LogP contribution in [0.3, 0.4) is 0 Å². The Morgan fingerprint density at radius 1 is 0.639 bits per heavy atom. The molecule has 0 bridgehead atoms.